The van der Waals surface area contributed by atoms with Crippen molar-refractivity contribution in [3.8, 4) is 5.75 Å². The Morgan fingerprint density at radius 3 is 1.98 bits per heavy atom. The number of rotatable bonds is 12. The summed E-state index contributed by atoms with van der Waals surface area (Å²) >= 11 is 0. The van der Waals surface area contributed by atoms with Crippen molar-refractivity contribution >= 4 is 27.5 Å². The van der Waals surface area contributed by atoms with Crippen molar-refractivity contribution in [1.82, 2.24) is 10.2 Å². The fourth-order valence-electron chi connectivity index (χ4n) is 8.02. The number of amides is 2. The van der Waals surface area contributed by atoms with Crippen LogP contribution in [0.3, 0.4) is 0 Å². The maximum atomic E-state index is 13.9. The number of methoxy groups -OCH3 is 1. The minimum Gasteiger partial charge on any atom is -0.497 e. The highest BCUT2D eigenvalue weighted by molar-refractivity contribution is 7.92. The normalized spacial score (nSPS) is 24.9. The van der Waals surface area contributed by atoms with Crippen molar-refractivity contribution in [3.05, 3.63) is 59.7 Å². The van der Waals surface area contributed by atoms with Gasteiger partial charge in [0, 0.05) is 13.1 Å². The number of sulfonamides is 1. The molecule has 0 spiro atoms. The molecule has 0 heterocycles. The van der Waals surface area contributed by atoms with Crippen LogP contribution in [0.25, 0.3) is 0 Å². The summed E-state index contributed by atoms with van der Waals surface area (Å²) in [5.41, 5.74) is 2.77. The Morgan fingerprint density at radius 1 is 0.930 bits per heavy atom. The van der Waals surface area contributed by atoms with E-state index in [1.807, 2.05) is 38.1 Å². The van der Waals surface area contributed by atoms with Gasteiger partial charge in [-0.3, -0.25) is 13.9 Å². The van der Waals surface area contributed by atoms with Crippen molar-refractivity contribution in [2.24, 2.45) is 23.7 Å². The Kier molecular flexibility index (Phi) is 9.12. The van der Waals surface area contributed by atoms with Crippen LogP contribution in [0.1, 0.15) is 70.4 Å². The Labute approximate surface area is 257 Å². The molecule has 0 aliphatic heterocycles. The van der Waals surface area contributed by atoms with Crippen LogP contribution in [0, 0.1) is 23.7 Å². The van der Waals surface area contributed by atoms with E-state index in [2.05, 4.69) is 17.4 Å². The van der Waals surface area contributed by atoms with Gasteiger partial charge in [0.2, 0.25) is 21.8 Å². The molecule has 1 unspecified atom stereocenters. The maximum Gasteiger partial charge on any atom is 0.244 e. The summed E-state index contributed by atoms with van der Waals surface area (Å²) in [4.78, 5) is 28.4. The lowest BCUT2D eigenvalue weighted by molar-refractivity contribution is -0.139. The van der Waals surface area contributed by atoms with E-state index in [-0.39, 0.29) is 23.8 Å². The minimum absolute atomic E-state index is 0.154. The van der Waals surface area contributed by atoms with E-state index in [1.54, 1.807) is 26.2 Å². The number of ether oxygens (including phenoxy) is 1. The van der Waals surface area contributed by atoms with Crippen LogP contribution in [0.2, 0.25) is 0 Å². The van der Waals surface area contributed by atoms with E-state index in [1.165, 1.54) is 53.3 Å². The third-order valence-electron chi connectivity index (χ3n) is 9.85. The average Bonchev–Trinajstić information content (AvgIpc) is 2.96. The fraction of sp³-hybridized carbons (Fsp3) is 0.588. The quantitative estimate of drug-likeness (QED) is 0.361. The van der Waals surface area contributed by atoms with E-state index < -0.39 is 28.5 Å². The Hall–Kier alpha value is -3.07. The van der Waals surface area contributed by atoms with Gasteiger partial charge in [0.05, 0.1) is 19.1 Å². The largest absolute Gasteiger partial charge is 0.497 e. The number of anilines is 1. The number of nitrogens with zero attached hydrogens (tertiary/aromatic N) is 2. The first kappa shape index (κ1) is 31.4. The smallest absolute Gasteiger partial charge is 0.244 e. The van der Waals surface area contributed by atoms with Crippen LogP contribution in [0.5, 0.6) is 5.75 Å². The van der Waals surface area contributed by atoms with E-state index in [9.17, 15) is 18.0 Å². The second-order valence-electron chi connectivity index (χ2n) is 13.7. The second kappa shape index (κ2) is 12.5. The van der Waals surface area contributed by atoms with Crippen LogP contribution in [0.4, 0.5) is 5.69 Å². The summed E-state index contributed by atoms with van der Waals surface area (Å²) in [6.45, 7) is 5.93. The van der Waals surface area contributed by atoms with Crippen LogP contribution in [0.15, 0.2) is 48.5 Å². The van der Waals surface area contributed by atoms with E-state index in [0.717, 1.165) is 29.6 Å². The molecule has 2 amide bonds. The number of carbonyl (C=O) groups excluding carboxylic acids is 2. The molecule has 1 N–H and O–H groups in total. The van der Waals surface area contributed by atoms with Crippen molar-refractivity contribution in [2.75, 3.05) is 30.8 Å². The summed E-state index contributed by atoms with van der Waals surface area (Å²) in [6.07, 6.45) is 8.89. The first-order chi connectivity index (χ1) is 20.4. The molecule has 4 bridgehead atoms. The molecule has 4 aliphatic carbocycles. The van der Waals surface area contributed by atoms with Crippen LogP contribution in [-0.4, -0.2) is 57.6 Å². The third-order valence-corrected chi connectivity index (χ3v) is 11.0. The molecule has 2 aromatic rings. The molecule has 0 radical (unpaired) electrons. The van der Waals surface area contributed by atoms with Crippen LogP contribution in [-0.2, 0) is 31.6 Å². The van der Waals surface area contributed by atoms with Gasteiger partial charge in [-0.2, -0.15) is 0 Å². The average molecular weight is 610 g/mol. The Morgan fingerprint density at radius 2 is 1.49 bits per heavy atom. The molecular weight excluding hydrogens is 562 g/mol. The molecule has 4 aliphatic rings. The molecule has 2 aromatic carbocycles. The molecule has 4 saturated carbocycles. The first-order valence-electron chi connectivity index (χ1n) is 15.6. The lowest BCUT2D eigenvalue weighted by atomic mass is 9.48. The summed E-state index contributed by atoms with van der Waals surface area (Å²) in [5.74, 6) is 2.65. The number of nitrogens with one attached hydrogen (secondary N) is 1. The summed E-state index contributed by atoms with van der Waals surface area (Å²) in [5, 5.41) is 2.91. The van der Waals surface area contributed by atoms with Crippen LogP contribution < -0.4 is 14.4 Å². The van der Waals surface area contributed by atoms with Gasteiger partial charge in [-0.15, -0.1) is 0 Å². The monoisotopic (exact) mass is 609 g/mol. The predicted molar refractivity (Wildman–Crippen MR) is 169 cm³/mol. The van der Waals surface area contributed by atoms with Gasteiger partial charge in [0.1, 0.15) is 18.3 Å². The number of hydrogen-bond donors (Lipinski definition) is 1. The van der Waals surface area contributed by atoms with Crippen molar-refractivity contribution in [1.29, 1.82) is 0 Å². The SMILES string of the molecule is COc1ccc(CN(C(=O)CN(c2ccc(C34CC5CC(CC(C5)C3)C4)cc2)S(C)(=O)=O)C(C)C(=O)NCC(C)C)cc1. The molecule has 43 heavy (non-hydrogen) atoms. The van der Waals surface area contributed by atoms with Gasteiger partial charge in [-0.05, 0) is 110 Å². The molecule has 8 nitrogen and oxygen atoms in total. The van der Waals surface area contributed by atoms with Crippen molar-refractivity contribution < 1.29 is 22.7 Å². The summed E-state index contributed by atoms with van der Waals surface area (Å²) < 4.78 is 32.6. The summed E-state index contributed by atoms with van der Waals surface area (Å²) in [7, 11) is -2.20. The zero-order chi connectivity index (χ0) is 30.9. The van der Waals surface area contributed by atoms with Gasteiger partial charge in [-0.25, -0.2) is 8.42 Å². The first-order valence-corrected chi connectivity index (χ1v) is 17.5. The van der Waals surface area contributed by atoms with Gasteiger partial charge >= 0.3 is 0 Å². The predicted octanol–water partition coefficient (Wildman–Crippen LogP) is 5.12. The zero-order valence-electron chi connectivity index (χ0n) is 26.2. The van der Waals surface area contributed by atoms with Crippen molar-refractivity contribution in [3.63, 3.8) is 0 Å². The van der Waals surface area contributed by atoms with Gasteiger partial charge in [0.15, 0.2) is 0 Å². The molecule has 9 heteroatoms. The lowest BCUT2D eigenvalue weighted by Gasteiger charge is -2.57. The third kappa shape index (κ3) is 7.03. The van der Waals surface area contributed by atoms with Gasteiger partial charge in [0.25, 0.3) is 0 Å². The Balaban J connectivity index is 1.37. The molecule has 1 atom stereocenters. The highest BCUT2D eigenvalue weighted by Gasteiger charge is 2.51. The lowest BCUT2D eigenvalue weighted by Crippen LogP contribution is -2.51. The molecule has 234 valence electrons. The Bertz CT molecular complexity index is 1370. The molecule has 4 fully saturated rings. The minimum atomic E-state index is -3.78. The molecular formula is C34H47N3O5S. The van der Waals surface area contributed by atoms with E-state index in [4.69, 9.17) is 4.74 Å². The number of carbonyl (C=O) groups is 2. The van der Waals surface area contributed by atoms with Gasteiger partial charge < -0.3 is 15.0 Å². The standard InChI is InChI=1S/C34H47N3O5S/c1-23(2)20-35-33(39)24(3)36(21-25-6-12-31(42-4)13-7-25)32(38)22-37(43(5,40)41)30-10-8-29(9-11-30)34-17-26-14-27(18-34)16-28(15-26)19-34/h6-13,23-24,26-28H,14-22H2,1-5H3,(H,35,39). The van der Waals surface area contributed by atoms with Crippen LogP contribution >= 0.6 is 0 Å². The van der Waals surface area contributed by atoms with E-state index >= 15 is 0 Å². The fourth-order valence-corrected chi connectivity index (χ4v) is 8.87. The second-order valence-corrected chi connectivity index (χ2v) is 15.6. The highest BCUT2D eigenvalue weighted by atomic mass is 32.2. The summed E-state index contributed by atoms with van der Waals surface area (Å²) in [6, 6.07) is 14.4. The maximum absolute atomic E-state index is 13.9. The van der Waals surface area contributed by atoms with Crippen molar-refractivity contribution in [2.45, 2.75) is 77.3 Å². The zero-order valence-corrected chi connectivity index (χ0v) is 27.0. The molecule has 0 aromatic heterocycles. The van der Waals surface area contributed by atoms with Gasteiger partial charge in [-0.1, -0.05) is 38.1 Å². The molecule has 0 saturated heterocycles. The number of hydrogen-bond acceptors (Lipinski definition) is 5. The molecule has 6 rings (SSSR count). The topological polar surface area (TPSA) is 96.0 Å². The van der Waals surface area contributed by atoms with E-state index in [0.29, 0.717) is 18.0 Å². The number of benzene rings is 2. The highest BCUT2D eigenvalue weighted by Crippen LogP contribution is 2.60.